The maximum absolute atomic E-state index is 11.7. The number of carbonyl (C=O) groups excluding carboxylic acids is 1. The third kappa shape index (κ3) is 5.87. The maximum atomic E-state index is 11.7. The molecule has 0 saturated carbocycles. The first-order valence-corrected chi connectivity index (χ1v) is 5.36. The second kappa shape index (κ2) is 7.62. The Morgan fingerprint density at radius 2 is 1.94 bits per heavy atom. The van der Waals surface area contributed by atoms with Crippen LogP contribution in [0.1, 0.15) is 6.92 Å². The standard InChI is InChI=1S/C12H16FNO3/c1-10(15)14-11-2-4-12(5-3-11)17-9-8-16-7-6-13/h2-5H,6-9H2,1H3,(H,14,15). The van der Waals surface area contributed by atoms with E-state index in [1.807, 2.05) is 0 Å². The lowest BCUT2D eigenvalue weighted by atomic mass is 10.3. The summed E-state index contributed by atoms with van der Waals surface area (Å²) < 4.78 is 22.0. The van der Waals surface area contributed by atoms with Crippen LogP contribution in [0.2, 0.25) is 0 Å². The third-order valence-corrected chi connectivity index (χ3v) is 1.89. The normalized spacial score (nSPS) is 10.0. The lowest BCUT2D eigenvalue weighted by molar-refractivity contribution is -0.114. The van der Waals surface area contributed by atoms with E-state index in [0.717, 1.165) is 5.69 Å². The predicted molar refractivity (Wildman–Crippen MR) is 63.0 cm³/mol. The molecule has 1 rings (SSSR count). The van der Waals surface area contributed by atoms with Crippen molar-refractivity contribution in [2.24, 2.45) is 0 Å². The van der Waals surface area contributed by atoms with Crippen molar-refractivity contribution >= 4 is 11.6 Å². The molecule has 0 aliphatic carbocycles. The smallest absolute Gasteiger partial charge is 0.221 e. The summed E-state index contributed by atoms with van der Waals surface area (Å²) in [5, 5.41) is 2.66. The maximum Gasteiger partial charge on any atom is 0.221 e. The van der Waals surface area contributed by atoms with Crippen molar-refractivity contribution in [3.63, 3.8) is 0 Å². The van der Waals surface area contributed by atoms with E-state index in [4.69, 9.17) is 9.47 Å². The highest BCUT2D eigenvalue weighted by Gasteiger charge is 1.97. The second-order valence-corrected chi connectivity index (χ2v) is 3.36. The average Bonchev–Trinajstić information content (AvgIpc) is 2.30. The predicted octanol–water partition coefficient (Wildman–Crippen LogP) is 2.01. The van der Waals surface area contributed by atoms with Gasteiger partial charge in [-0.25, -0.2) is 4.39 Å². The molecule has 0 heterocycles. The molecule has 0 aliphatic rings. The molecule has 0 radical (unpaired) electrons. The molecule has 0 saturated heterocycles. The van der Waals surface area contributed by atoms with Gasteiger partial charge in [0, 0.05) is 12.6 Å². The number of ether oxygens (including phenoxy) is 2. The van der Waals surface area contributed by atoms with E-state index in [1.165, 1.54) is 6.92 Å². The molecule has 1 aromatic carbocycles. The average molecular weight is 241 g/mol. The van der Waals surface area contributed by atoms with Crippen LogP contribution in [0.25, 0.3) is 0 Å². The lowest BCUT2D eigenvalue weighted by Crippen LogP contribution is -2.08. The number of rotatable bonds is 7. The van der Waals surface area contributed by atoms with Gasteiger partial charge in [0.2, 0.25) is 5.91 Å². The van der Waals surface area contributed by atoms with Gasteiger partial charge < -0.3 is 14.8 Å². The molecule has 5 heteroatoms. The zero-order valence-corrected chi connectivity index (χ0v) is 9.74. The van der Waals surface area contributed by atoms with Crippen LogP contribution in [-0.4, -0.2) is 32.4 Å². The molecule has 0 aliphatic heterocycles. The Morgan fingerprint density at radius 1 is 1.24 bits per heavy atom. The largest absolute Gasteiger partial charge is 0.491 e. The van der Waals surface area contributed by atoms with Crippen LogP contribution < -0.4 is 10.1 Å². The van der Waals surface area contributed by atoms with Gasteiger partial charge in [0.1, 0.15) is 19.0 Å². The van der Waals surface area contributed by atoms with Crippen LogP contribution in [0.4, 0.5) is 10.1 Å². The van der Waals surface area contributed by atoms with Gasteiger partial charge in [-0.1, -0.05) is 0 Å². The number of anilines is 1. The highest BCUT2D eigenvalue weighted by Crippen LogP contribution is 2.15. The van der Waals surface area contributed by atoms with Gasteiger partial charge in [-0.3, -0.25) is 4.79 Å². The zero-order chi connectivity index (χ0) is 12.5. The minimum Gasteiger partial charge on any atom is -0.491 e. The van der Waals surface area contributed by atoms with Gasteiger partial charge in [-0.2, -0.15) is 0 Å². The topological polar surface area (TPSA) is 47.6 Å². The Hall–Kier alpha value is -1.62. The van der Waals surface area contributed by atoms with E-state index in [0.29, 0.717) is 19.0 Å². The van der Waals surface area contributed by atoms with Gasteiger partial charge in [-0.05, 0) is 24.3 Å². The van der Waals surface area contributed by atoms with Crippen molar-refractivity contribution in [2.45, 2.75) is 6.92 Å². The van der Waals surface area contributed by atoms with Crippen molar-refractivity contribution in [3.8, 4) is 5.75 Å². The Labute approximate surface area is 99.7 Å². The Morgan fingerprint density at radius 3 is 2.53 bits per heavy atom. The zero-order valence-electron chi connectivity index (χ0n) is 9.74. The molecule has 0 fully saturated rings. The number of nitrogens with one attached hydrogen (secondary N) is 1. The fourth-order valence-electron chi connectivity index (χ4n) is 1.21. The van der Waals surface area contributed by atoms with Crippen LogP contribution in [-0.2, 0) is 9.53 Å². The van der Waals surface area contributed by atoms with Crippen molar-refractivity contribution < 1.29 is 18.7 Å². The Bertz CT molecular complexity index is 340. The van der Waals surface area contributed by atoms with E-state index in [9.17, 15) is 9.18 Å². The molecule has 1 aromatic rings. The summed E-state index contributed by atoms with van der Waals surface area (Å²) in [6.07, 6.45) is 0. The number of alkyl halides is 1. The summed E-state index contributed by atoms with van der Waals surface area (Å²) in [4.78, 5) is 10.8. The van der Waals surface area contributed by atoms with Crippen LogP contribution in [0, 0.1) is 0 Å². The Kier molecular flexibility index (Phi) is 6.03. The van der Waals surface area contributed by atoms with Crippen LogP contribution in [0.15, 0.2) is 24.3 Å². The van der Waals surface area contributed by atoms with Crippen LogP contribution in [0.5, 0.6) is 5.75 Å². The molecule has 4 nitrogen and oxygen atoms in total. The number of carbonyl (C=O) groups is 1. The van der Waals surface area contributed by atoms with Gasteiger partial charge in [-0.15, -0.1) is 0 Å². The van der Waals surface area contributed by atoms with Gasteiger partial charge in [0.25, 0.3) is 0 Å². The monoisotopic (exact) mass is 241 g/mol. The molecule has 0 bridgehead atoms. The minimum atomic E-state index is -0.481. The summed E-state index contributed by atoms with van der Waals surface area (Å²) >= 11 is 0. The Balaban J connectivity index is 2.28. The van der Waals surface area contributed by atoms with Crippen LogP contribution >= 0.6 is 0 Å². The van der Waals surface area contributed by atoms with E-state index in [2.05, 4.69) is 5.32 Å². The molecule has 94 valence electrons. The lowest BCUT2D eigenvalue weighted by Gasteiger charge is -2.07. The van der Waals surface area contributed by atoms with Gasteiger partial charge in [0.05, 0.1) is 13.2 Å². The molecule has 0 unspecified atom stereocenters. The molecule has 1 N–H and O–H groups in total. The SMILES string of the molecule is CC(=O)Nc1ccc(OCCOCCF)cc1. The molecular weight excluding hydrogens is 225 g/mol. The fraction of sp³-hybridized carbons (Fsp3) is 0.417. The van der Waals surface area contributed by atoms with E-state index >= 15 is 0 Å². The van der Waals surface area contributed by atoms with E-state index in [-0.39, 0.29) is 12.5 Å². The number of halogens is 1. The minimum absolute atomic E-state index is 0.102. The molecule has 17 heavy (non-hydrogen) atoms. The first-order chi connectivity index (χ1) is 8.22. The summed E-state index contributed by atoms with van der Waals surface area (Å²) in [6, 6.07) is 7.00. The highest BCUT2D eigenvalue weighted by molar-refractivity contribution is 5.88. The summed E-state index contributed by atoms with van der Waals surface area (Å²) in [6.45, 7) is 1.81. The number of amides is 1. The number of hydrogen-bond donors (Lipinski definition) is 1. The van der Waals surface area contributed by atoms with E-state index < -0.39 is 6.67 Å². The first-order valence-electron chi connectivity index (χ1n) is 5.36. The second-order valence-electron chi connectivity index (χ2n) is 3.36. The summed E-state index contributed by atoms with van der Waals surface area (Å²) in [5.41, 5.74) is 0.721. The fourth-order valence-corrected chi connectivity index (χ4v) is 1.21. The van der Waals surface area contributed by atoms with E-state index in [1.54, 1.807) is 24.3 Å². The van der Waals surface area contributed by atoms with Crippen molar-refractivity contribution in [2.75, 3.05) is 31.8 Å². The summed E-state index contributed by atoms with van der Waals surface area (Å²) in [7, 11) is 0. The van der Waals surface area contributed by atoms with Gasteiger partial charge in [0.15, 0.2) is 0 Å². The molecule has 0 aromatic heterocycles. The van der Waals surface area contributed by atoms with Crippen LogP contribution in [0.3, 0.4) is 0 Å². The third-order valence-electron chi connectivity index (χ3n) is 1.89. The quantitative estimate of drug-likeness (QED) is 0.743. The first kappa shape index (κ1) is 13.4. The van der Waals surface area contributed by atoms with Gasteiger partial charge >= 0.3 is 0 Å². The molecule has 0 spiro atoms. The number of hydrogen-bond acceptors (Lipinski definition) is 3. The van der Waals surface area contributed by atoms with Crippen molar-refractivity contribution in [1.29, 1.82) is 0 Å². The highest BCUT2D eigenvalue weighted by atomic mass is 19.1. The molecule has 1 amide bonds. The van der Waals surface area contributed by atoms with Crippen molar-refractivity contribution in [1.82, 2.24) is 0 Å². The number of benzene rings is 1. The van der Waals surface area contributed by atoms with Crippen molar-refractivity contribution in [3.05, 3.63) is 24.3 Å². The molecule has 0 atom stereocenters. The summed E-state index contributed by atoms with van der Waals surface area (Å²) in [5.74, 6) is 0.571. The molecular formula is C12H16FNO3.